The van der Waals surface area contributed by atoms with Crippen molar-refractivity contribution in [3.8, 4) is 0 Å². The van der Waals surface area contributed by atoms with Gasteiger partial charge in [-0.1, -0.05) is 20.8 Å². The zero-order valence-electron chi connectivity index (χ0n) is 13.9. The monoisotopic (exact) mass is 286 g/mol. The fraction of sp³-hybridized carbons (Fsp3) is 1.00. The van der Waals surface area contributed by atoms with Gasteiger partial charge in [-0.25, -0.2) is 0 Å². The molecule has 0 saturated carbocycles. The molecule has 0 N–H and O–H groups in total. The Morgan fingerprint density at radius 1 is 1.00 bits per heavy atom. The van der Waals surface area contributed by atoms with E-state index in [1.54, 1.807) is 0 Å². The number of likely N-dealkylation sites (tertiary alicyclic amines) is 2. The lowest BCUT2D eigenvalue weighted by Gasteiger charge is -2.35. The van der Waals surface area contributed by atoms with E-state index in [1.165, 1.54) is 25.9 Å². The summed E-state index contributed by atoms with van der Waals surface area (Å²) in [5.41, 5.74) is 0. The molecule has 0 unspecified atom stereocenters. The fourth-order valence-electron chi connectivity index (χ4n) is 2.60. The molecule has 4 nitrogen and oxygen atoms in total. The highest BCUT2D eigenvalue weighted by Gasteiger charge is 2.23. The number of hydrogen-bond donors (Lipinski definition) is 0. The average Bonchev–Trinajstić information content (AvgIpc) is 2.44. The van der Waals surface area contributed by atoms with Crippen LogP contribution in [0.4, 0.5) is 0 Å². The summed E-state index contributed by atoms with van der Waals surface area (Å²) in [7, 11) is 2.12. The van der Waals surface area contributed by atoms with Crippen molar-refractivity contribution >= 4 is 0 Å². The van der Waals surface area contributed by atoms with Crippen LogP contribution in [0.15, 0.2) is 0 Å². The van der Waals surface area contributed by atoms with Gasteiger partial charge in [0.15, 0.2) is 0 Å². The maximum Gasteiger partial charge on any atom is 0.0829 e. The van der Waals surface area contributed by atoms with Gasteiger partial charge in [0.25, 0.3) is 0 Å². The molecule has 0 amide bonds. The maximum absolute atomic E-state index is 5.67. The van der Waals surface area contributed by atoms with Crippen molar-refractivity contribution in [2.45, 2.75) is 39.7 Å². The minimum atomic E-state index is 0.446. The summed E-state index contributed by atoms with van der Waals surface area (Å²) in [6, 6.07) is 0. The van der Waals surface area contributed by atoms with Crippen molar-refractivity contribution in [1.29, 1.82) is 0 Å². The van der Waals surface area contributed by atoms with E-state index in [-0.39, 0.29) is 0 Å². The van der Waals surface area contributed by atoms with E-state index < -0.39 is 0 Å². The number of piperidine rings is 1. The predicted octanol–water partition coefficient (Wildman–Crippen LogP) is 2.09. The molecule has 2 aliphatic rings. The fourth-order valence-corrected chi connectivity index (χ4v) is 2.60. The Kier molecular flexibility index (Phi) is 9.44. The first-order valence-electron chi connectivity index (χ1n) is 8.34. The van der Waals surface area contributed by atoms with Gasteiger partial charge in [0.2, 0.25) is 0 Å². The Bertz CT molecular complexity index is 225. The van der Waals surface area contributed by atoms with Crippen LogP contribution in [0, 0.1) is 5.92 Å². The van der Waals surface area contributed by atoms with Crippen LogP contribution in [0.5, 0.6) is 0 Å². The Morgan fingerprint density at radius 3 is 2.25 bits per heavy atom. The predicted molar refractivity (Wildman–Crippen MR) is 84.2 cm³/mol. The highest BCUT2D eigenvalue weighted by Crippen LogP contribution is 2.15. The molecule has 120 valence electrons. The number of hydrogen-bond acceptors (Lipinski definition) is 4. The molecule has 2 heterocycles. The normalized spacial score (nSPS) is 22.2. The largest absolute Gasteiger partial charge is 0.378 e. The van der Waals surface area contributed by atoms with Crippen molar-refractivity contribution in [3.63, 3.8) is 0 Å². The van der Waals surface area contributed by atoms with Crippen LogP contribution in [-0.4, -0.2) is 75.5 Å². The van der Waals surface area contributed by atoms with Crippen LogP contribution < -0.4 is 0 Å². The van der Waals surface area contributed by atoms with Gasteiger partial charge in [0.1, 0.15) is 0 Å². The molecule has 2 rings (SSSR count). The molecule has 2 aliphatic heterocycles. The van der Waals surface area contributed by atoms with Crippen LogP contribution in [-0.2, 0) is 9.47 Å². The van der Waals surface area contributed by atoms with Crippen molar-refractivity contribution in [2.75, 3.05) is 59.6 Å². The Labute approximate surface area is 125 Å². The number of rotatable bonds is 7. The summed E-state index contributed by atoms with van der Waals surface area (Å²) in [6.07, 6.45) is 3.14. The van der Waals surface area contributed by atoms with Crippen molar-refractivity contribution < 1.29 is 9.47 Å². The third-order valence-corrected chi connectivity index (χ3v) is 4.04. The van der Waals surface area contributed by atoms with E-state index in [0.29, 0.717) is 6.10 Å². The van der Waals surface area contributed by atoms with E-state index in [4.69, 9.17) is 9.47 Å². The van der Waals surface area contributed by atoms with E-state index in [1.807, 2.05) is 13.8 Å². The van der Waals surface area contributed by atoms with Crippen LogP contribution in [0.1, 0.15) is 33.6 Å². The minimum Gasteiger partial charge on any atom is -0.378 e. The summed E-state index contributed by atoms with van der Waals surface area (Å²) in [6.45, 7) is 14.4. The van der Waals surface area contributed by atoms with Gasteiger partial charge in [0.05, 0.1) is 25.9 Å². The Hall–Kier alpha value is -0.160. The Morgan fingerprint density at radius 2 is 1.65 bits per heavy atom. The van der Waals surface area contributed by atoms with Crippen molar-refractivity contribution in [2.24, 2.45) is 5.92 Å². The average molecular weight is 286 g/mol. The van der Waals surface area contributed by atoms with Gasteiger partial charge in [-0.15, -0.1) is 0 Å². The second-order valence-electron chi connectivity index (χ2n) is 5.85. The highest BCUT2D eigenvalue weighted by molar-refractivity contribution is 4.76. The summed E-state index contributed by atoms with van der Waals surface area (Å²) in [5.74, 6) is 0.913. The number of nitrogens with zero attached hydrogens (tertiary/aromatic N) is 2. The van der Waals surface area contributed by atoms with Gasteiger partial charge < -0.3 is 19.3 Å². The summed E-state index contributed by atoms with van der Waals surface area (Å²) < 4.78 is 11.3. The lowest BCUT2D eigenvalue weighted by atomic mass is 9.99. The first-order valence-corrected chi connectivity index (χ1v) is 8.34. The molecule has 0 radical (unpaired) electrons. The molecule has 2 fully saturated rings. The van der Waals surface area contributed by atoms with Gasteiger partial charge in [-0.2, -0.15) is 0 Å². The van der Waals surface area contributed by atoms with Crippen LogP contribution in [0.25, 0.3) is 0 Å². The first-order chi connectivity index (χ1) is 9.74. The van der Waals surface area contributed by atoms with Gasteiger partial charge in [-0.3, -0.25) is 0 Å². The standard InChI is InChI=1S/C14H28N2O2.C2H6/c1-13-3-5-16(6-4-13)7-8-17-9-10-18-14-11-15(2)12-14;1-2/h13-14H,3-12H2,1-2H3;1-2H3. The van der Waals surface area contributed by atoms with E-state index >= 15 is 0 Å². The van der Waals surface area contributed by atoms with Crippen LogP contribution in [0.2, 0.25) is 0 Å². The molecule has 0 aromatic heterocycles. The van der Waals surface area contributed by atoms with Gasteiger partial charge in [0, 0.05) is 19.6 Å². The van der Waals surface area contributed by atoms with E-state index in [0.717, 1.165) is 45.4 Å². The second kappa shape index (κ2) is 10.6. The van der Waals surface area contributed by atoms with E-state index in [9.17, 15) is 0 Å². The lowest BCUT2D eigenvalue weighted by Crippen LogP contribution is -2.49. The molecule has 0 atom stereocenters. The SMILES string of the molecule is CC.CC1CCN(CCOCCOC2CN(C)C2)CC1. The zero-order chi connectivity index (χ0) is 14.8. The van der Waals surface area contributed by atoms with Crippen LogP contribution in [0.3, 0.4) is 0 Å². The van der Waals surface area contributed by atoms with Crippen molar-refractivity contribution in [1.82, 2.24) is 9.80 Å². The molecule has 0 aromatic carbocycles. The molecule has 20 heavy (non-hydrogen) atoms. The summed E-state index contributed by atoms with van der Waals surface area (Å²) >= 11 is 0. The van der Waals surface area contributed by atoms with Crippen LogP contribution >= 0.6 is 0 Å². The Balaban J connectivity index is 0.000000956. The topological polar surface area (TPSA) is 24.9 Å². The molecule has 0 spiro atoms. The second-order valence-corrected chi connectivity index (χ2v) is 5.85. The number of ether oxygens (including phenoxy) is 2. The highest BCUT2D eigenvalue weighted by atomic mass is 16.5. The molecular weight excluding hydrogens is 252 g/mol. The molecule has 0 aliphatic carbocycles. The molecule has 0 bridgehead atoms. The smallest absolute Gasteiger partial charge is 0.0829 e. The van der Waals surface area contributed by atoms with Gasteiger partial charge in [-0.05, 0) is 38.9 Å². The summed E-state index contributed by atoms with van der Waals surface area (Å²) in [5, 5.41) is 0. The van der Waals surface area contributed by atoms with Crippen molar-refractivity contribution in [3.05, 3.63) is 0 Å². The minimum absolute atomic E-state index is 0.446. The molecular formula is C16H34N2O2. The zero-order valence-corrected chi connectivity index (χ0v) is 13.9. The third kappa shape index (κ3) is 7.02. The maximum atomic E-state index is 5.67. The lowest BCUT2D eigenvalue weighted by molar-refractivity contribution is -0.0630. The van der Waals surface area contributed by atoms with E-state index in [2.05, 4.69) is 23.8 Å². The quantitative estimate of drug-likeness (QED) is 0.669. The first kappa shape index (κ1) is 17.9. The molecule has 2 saturated heterocycles. The molecule has 4 heteroatoms. The molecule has 0 aromatic rings. The summed E-state index contributed by atoms with van der Waals surface area (Å²) in [4.78, 5) is 4.78. The third-order valence-electron chi connectivity index (χ3n) is 4.04. The van der Waals surface area contributed by atoms with Gasteiger partial charge >= 0.3 is 0 Å². The number of likely N-dealkylation sites (N-methyl/N-ethyl adjacent to an activating group) is 1.